The van der Waals surface area contributed by atoms with Crippen LogP contribution in [-0.4, -0.2) is 23.2 Å². The normalized spacial score (nSPS) is 11.8. The number of hydrogen-bond donors (Lipinski definition) is 2. The zero-order valence-corrected chi connectivity index (χ0v) is 11.9. The standard InChI is InChI=1S/C10H8Cl4N2O2/c11-4-7(14)9(17)16-10(18)15-8-2-1-5(12)3-6(8)13/h1-3,7H,4H2,(H2,15,16,17,18). The number of carbonyl (C=O) groups excluding carboxylic acids is 2. The number of alkyl halides is 2. The zero-order valence-electron chi connectivity index (χ0n) is 8.84. The van der Waals surface area contributed by atoms with Crippen molar-refractivity contribution in [1.82, 2.24) is 5.32 Å². The Morgan fingerprint density at radius 2 is 1.94 bits per heavy atom. The van der Waals surface area contributed by atoms with Crippen LogP contribution in [0.15, 0.2) is 18.2 Å². The van der Waals surface area contributed by atoms with Gasteiger partial charge in [-0.3, -0.25) is 10.1 Å². The van der Waals surface area contributed by atoms with E-state index in [2.05, 4.69) is 5.32 Å². The molecule has 0 aliphatic carbocycles. The highest BCUT2D eigenvalue weighted by Gasteiger charge is 2.17. The van der Waals surface area contributed by atoms with Gasteiger partial charge in [-0.2, -0.15) is 0 Å². The highest BCUT2D eigenvalue weighted by molar-refractivity contribution is 6.38. The van der Waals surface area contributed by atoms with Crippen LogP contribution in [0, 0.1) is 0 Å². The van der Waals surface area contributed by atoms with Crippen LogP contribution in [0.25, 0.3) is 0 Å². The van der Waals surface area contributed by atoms with Gasteiger partial charge in [0.1, 0.15) is 5.38 Å². The lowest BCUT2D eigenvalue weighted by Gasteiger charge is -2.09. The number of hydrogen-bond acceptors (Lipinski definition) is 2. The van der Waals surface area contributed by atoms with Crippen molar-refractivity contribution in [3.63, 3.8) is 0 Å². The molecule has 1 aromatic carbocycles. The Labute approximate surface area is 124 Å². The summed E-state index contributed by atoms with van der Waals surface area (Å²) in [5, 5.41) is 4.12. The first-order valence-electron chi connectivity index (χ1n) is 4.71. The molecular weight excluding hydrogens is 322 g/mol. The number of benzene rings is 1. The zero-order chi connectivity index (χ0) is 13.7. The number of urea groups is 1. The van der Waals surface area contributed by atoms with Gasteiger partial charge in [-0.15, -0.1) is 23.2 Å². The van der Waals surface area contributed by atoms with E-state index >= 15 is 0 Å². The smallest absolute Gasteiger partial charge is 0.306 e. The molecule has 8 heteroatoms. The number of carbonyl (C=O) groups is 2. The summed E-state index contributed by atoms with van der Waals surface area (Å²) in [6.07, 6.45) is 0. The molecule has 18 heavy (non-hydrogen) atoms. The minimum atomic E-state index is -0.974. The molecule has 0 aromatic heterocycles. The van der Waals surface area contributed by atoms with Crippen LogP contribution in [0.2, 0.25) is 10.0 Å². The molecule has 1 rings (SSSR count). The van der Waals surface area contributed by atoms with Gasteiger partial charge in [0, 0.05) is 10.9 Å². The lowest BCUT2D eigenvalue weighted by Crippen LogP contribution is -2.39. The van der Waals surface area contributed by atoms with Gasteiger partial charge in [0.2, 0.25) is 5.91 Å². The third-order valence-electron chi connectivity index (χ3n) is 1.84. The number of rotatable bonds is 3. The summed E-state index contributed by atoms with van der Waals surface area (Å²) in [6, 6.07) is 3.77. The second kappa shape index (κ2) is 7.04. The SMILES string of the molecule is O=C(NC(=O)C(Cl)CCl)Nc1ccc(Cl)cc1Cl. The van der Waals surface area contributed by atoms with Gasteiger partial charge in [-0.05, 0) is 18.2 Å². The third-order valence-corrected chi connectivity index (χ3v) is 3.20. The molecule has 0 saturated heterocycles. The average Bonchev–Trinajstić information content (AvgIpc) is 2.31. The Morgan fingerprint density at radius 1 is 1.28 bits per heavy atom. The van der Waals surface area contributed by atoms with Crippen LogP contribution in [0.3, 0.4) is 0 Å². The summed E-state index contributed by atoms with van der Waals surface area (Å²) < 4.78 is 0. The second-order valence-corrected chi connectivity index (χ2v) is 4.87. The Morgan fingerprint density at radius 3 is 2.50 bits per heavy atom. The van der Waals surface area contributed by atoms with Crippen molar-refractivity contribution in [2.24, 2.45) is 0 Å². The first-order chi connectivity index (χ1) is 8.43. The maximum atomic E-state index is 11.4. The molecule has 0 aliphatic heterocycles. The van der Waals surface area contributed by atoms with Gasteiger partial charge in [-0.25, -0.2) is 4.79 Å². The Bertz CT molecular complexity index is 467. The number of amides is 3. The molecule has 4 nitrogen and oxygen atoms in total. The maximum absolute atomic E-state index is 11.4. The van der Waals surface area contributed by atoms with Gasteiger partial charge in [-0.1, -0.05) is 23.2 Å². The van der Waals surface area contributed by atoms with Gasteiger partial charge in [0.15, 0.2) is 0 Å². The quantitative estimate of drug-likeness (QED) is 0.834. The fraction of sp³-hybridized carbons (Fsp3) is 0.200. The van der Waals surface area contributed by atoms with E-state index in [1.54, 1.807) is 6.07 Å². The maximum Gasteiger partial charge on any atom is 0.325 e. The summed E-state index contributed by atoms with van der Waals surface area (Å²) in [5.74, 6) is -0.781. The van der Waals surface area contributed by atoms with Crippen LogP contribution in [0.1, 0.15) is 0 Å². The number of anilines is 1. The monoisotopic (exact) mass is 328 g/mol. The minimum Gasteiger partial charge on any atom is -0.306 e. The van der Waals surface area contributed by atoms with Crippen LogP contribution in [0.4, 0.5) is 10.5 Å². The minimum absolute atomic E-state index is 0.0949. The average molecular weight is 330 g/mol. The molecular formula is C10H8Cl4N2O2. The van der Waals surface area contributed by atoms with Crippen molar-refractivity contribution in [3.05, 3.63) is 28.2 Å². The number of imide groups is 1. The molecule has 0 aliphatic rings. The van der Waals surface area contributed by atoms with E-state index in [1.807, 2.05) is 5.32 Å². The topological polar surface area (TPSA) is 58.2 Å². The fourth-order valence-electron chi connectivity index (χ4n) is 1.00. The van der Waals surface area contributed by atoms with Crippen molar-refractivity contribution in [1.29, 1.82) is 0 Å². The highest BCUT2D eigenvalue weighted by atomic mass is 35.5. The Kier molecular flexibility index (Phi) is 6.02. The van der Waals surface area contributed by atoms with Crippen molar-refractivity contribution in [2.75, 3.05) is 11.2 Å². The van der Waals surface area contributed by atoms with Crippen molar-refractivity contribution < 1.29 is 9.59 Å². The molecule has 98 valence electrons. The lowest BCUT2D eigenvalue weighted by atomic mass is 10.3. The third kappa shape index (κ3) is 4.53. The van der Waals surface area contributed by atoms with E-state index in [1.165, 1.54) is 12.1 Å². The summed E-state index contributed by atoms with van der Waals surface area (Å²) >= 11 is 22.5. The first kappa shape index (κ1) is 15.4. The lowest BCUT2D eigenvalue weighted by molar-refractivity contribution is -0.119. The van der Waals surface area contributed by atoms with Gasteiger partial charge >= 0.3 is 6.03 Å². The van der Waals surface area contributed by atoms with E-state index in [4.69, 9.17) is 46.4 Å². The molecule has 0 spiro atoms. The Balaban J connectivity index is 2.62. The van der Waals surface area contributed by atoms with Crippen LogP contribution >= 0.6 is 46.4 Å². The van der Waals surface area contributed by atoms with E-state index < -0.39 is 17.3 Å². The summed E-state index contributed by atoms with van der Waals surface area (Å²) in [4.78, 5) is 22.7. The van der Waals surface area contributed by atoms with E-state index in [0.29, 0.717) is 10.7 Å². The molecule has 0 bridgehead atoms. The molecule has 1 aromatic rings. The fourth-order valence-corrected chi connectivity index (χ4v) is 1.66. The number of halogens is 4. The largest absolute Gasteiger partial charge is 0.325 e. The van der Waals surface area contributed by atoms with Crippen LogP contribution < -0.4 is 10.6 Å². The molecule has 1 atom stereocenters. The summed E-state index contributed by atoms with van der Waals surface area (Å²) in [7, 11) is 0. The van der Waals surface area contributed by atoms with E-state index in [0.717, 1.165) is 0 Å². The van der Waals surface area contributed by atoms with Crippen LogP contribution in [0.5, 0.6) is 0 Å². The van der Waals surface area contributed by atoms with E-state index in [-0.39, 0.29) is 10.9 Å². The van der Waals surface area contributed by atoms with E-state index in [9.17, 15) is 9.59 Å². The summed E-state index contributed by atoms with van der Waals surface area (Å²) in [6.45, 7) is 0. The predicted octanol–water partition coefficient (Wildman–Crippen LogP) is 3.49. The molecule has 0 saturated carbocycles. The molecule has 1 unspecified atom stereocenters. The predicted molar refractivity (Wildman–Crippen MR) is 74.0 cm³/mol. The van der Waals surface area contributed by atoms with Gasteiger partial charge < -0.3 is 5.32 Å². The number of nitrogens with one attached hydrogen (secondary N) is 2. The summed E-state index contributed by atoms with van der Waals surface area (Å²) in [5.41, 5.74) is 0.323. The Hall–Kier alpha value is -0.680. The van der Waals surface area contributed by atoms with Crippen molar-refractivity contribution in [3.8, 4) is 0 Å². The van der Waals surface area contributed by atoms with Gasteiger partial charge in [0.05, 0.1) is 10.7 Å². The molecule has 0 radical (unpaired) electrons. The highest BCUT2D eigenvalue weighted by Crippen LogP contribution is 2.25. The second-order valence-electron chi connectivity index (χ2n) is 3.19. The van der Waals surface area contributed by atoms with Crippen molar-refractivity contribution >= 4 is 64.0 Å². The first-order valence-corrected chi connectivity index (χ1v) is 6.43. The van der Waals surface area contributed by atoms with Crippen LogP contribution in [-0.2, 0) is 4.79 Å². The molecule has 0 fully saturated rings. The molecule has 3 amide bonds. The van der Waals surface area contributed by atoms with Gasteiger partial charge in [0.25, 0.3) is 0 Å². The molecule has 2 N–H and O–H groups in total. The molecule has 0 heterocycles. The van der Waals surface area contributed by atoms with Crippen molar-refractivity contribution in [2.45, 2.75) is 5.38 Å².